The lowest BCUT2D eigenvalue weighted by Crippen LogP contribution is -2.35. The van der Waals surface area contributed by atoms with Crippen molar-refractivity contribution < 1.29 is 9.53 Å². The summed E-state index contributed by atoms with van der Waals surface area (Å²) >= 11 is 0. The van der Waals surface area contributed by atoms with Gasteiger partial charge in [-0.25, -0.2) is 0 Å². The van der Waals surface area contributed by atoms with Crippen molar-refractivity contribution in [2.75, 3.05) is 25.0 Å². The molecule has 1 fully saturated rings. The highest BCUT2D eigenvalue weighted by atomic mass is 35.5. The van der Waals surface area contributed by atoms with Crippen molar-refractivity contribution in [2.45, 2.75) is 27.2 Å². The van der Waals surface area contributed by atoms with Gasteiger partial charge in [0.05, 0.1) is 12.0 Å². The molecule has 0 radical (unpaired) electrons. The number of hydrogen-bond donors (Lipinski definition) is 2. The highest BCUT2D eigenvalue weighted by Gasteiger charge is 2.36. The smallest absolute Gasteiger partial charge is 0.231 e. The minimum atomic E-state index is -0.301. The van der Waals surface area contributed by atoms with E-state index in [2.05, 4.69) is 10.6 Å². The van der Waals surface area contributed by atoms with Gasteiger partial charge in [-0.1, -0.05) is 0 Å². The molecule has 4 nitrogen and oxygen atoms in total. The molecule has 2 N–H and O–H groups in total. The summed E-state index contributed by atoms with van der Waals surface area (Å²) < 4.78 is 5.44. The third-order valence-corrected chi connectivity index (χ3v) is 3.67. The fourth-order valence-electron chi connectivity index (χ4n) is 2.32. The Kier molecular flexibility index (Phi) is 5.84. The second-order valence-electron chi connectivity index (χ2n) is 5.35. The topological polar surface area (TPSA) is 50.4 Å². The van der Waals surface area contributed by atoms with Crippen LogP contribution in [0.5, 0.6) is 5.75 Å². The molecule has 0 saturated carbocycles. The average Bonchev–Trinajstić information content (AvgIpc) is 2.81. The standard InChI is InChI=1S/C15H22N2O2.ClH/c1-4-19-12-5-6-13(11(2)9-12)17-14(18)15(3)7-8-16-10-15;/h5-6,9,16H,4,7-8,10H2,1-3H3,(H,17,18);1H. The Balaban J connectivity index is 0.00000200. The van der Waals surface area contributed by atoms with Crippen molar-refractivity contribution in [1.82, 2.24) is 5.32 Å². The number of carbonyl (C=O) groups excluding carboxylic acids is 1. The van der Waals surface area contributed by atoms with Crippen molar-refractivity contribution in [3.8, 4) is 5.75 Å². The summed E-state index contributed by atoms with van der Waals surface area (Å²) in [6.07, 6.45) is 0.884. The maximum Gasteiger partial charge on any atom is 0.231 e. The Morgan fingerprint density at radius 1 is 1.50 bits per heavy atom. The zero-order valence-corrected chi connectivity index (χ0v) is 13.1. The first-order valence-corrected chi connectivity index (χ1v) is 6.81. The van der Waals surface area contributed by atoms with Gasteiger partial charge in [0.25, 0.3) is 0 Å². The molecule has 0 spiro atoms. The quantitative estimate of drug-likeness (QED) is 0.898. The molecule has 1 saturated heterocycles. The summed E-state index contributed by atoms with van der Waals surface area (Å²) in [6.45, 7) is 8.24. The Bertz CT molecular complexity index is 471. The molecule has 0 aliphatic carbocycles. The SMILES string of the molecule is CCOc1ccc(NC(=O)C2(C)CCNC2)c(C)c1.Cl. The number of hydrogen-bond acceptors (Lipinski definition) is 3. The molecule has 1 aromatic rings. The van der Waals surface area contributed by atoms with E-state index < -0.39 is 0 Å². The van der Waals surface area contributed by atoms with E-state index in [1.165, 1.54) is 0 Å². The average molecular weight is 299 g/mol. The van der Waals surface area contributed by atoms with E-state index in [9.17, 15) is 4.79 Å². The van der Waals surface area contributed by atoms with Gasteiger partial charge in [-0.3, -0.25) is 4.79 Å². The molecular weight excluding hydrogens is 276 g/mol. The van der Waals surface area contributed by atoms with Crippen molar-refractivity contribution in [3.05, 3.63) is 23.8 Å². The number of aryl methyl sites for hydroxylation is 1. The second-order valence-corrected chi connectivity index (χ2v) is 5.35. The number of amides is 1. The van der Waals surface area contributed by atoms with Crippen LogP contribution in [0.25, 0.3) is 0 Å². The van der Waals surface area contributed by atoms with E-state index in [1.807, 2.05) is 39.0 Å². The van der Waals surface area contributed by atoms with Crippen LogP contribution in [0.3, 0.4) is 0 Å². The van der Waals surface area contributed by atoms with E-state index in [0.717, 1.165) is 36.5 Å². The Morgan fingerprint density at radius 3 is 2.80 bits per heavy atom. The highest BCUT2D eigenvalue weighted by Crippen LogP contribution is 2.28. The molecule has 5 heteroatoms. The molecule has 1 amide bonds. The van der Waals surface area contributed by atoms with Crippen molar-refractivity contribution in [3.63, 3.8) is 0 Å². The highest BCUT2D eigenvalue weighted by molar-refractivity contribution is 5.96. The second kappa shape index (κ2) is 6.95. The lowest BCUT2D eigenvalue weighted by atomic mass is 9.88. The van der Waals surface area contributed by atoms with Crippen LogP contribution in [0.2, 0.25) is 0 Å². The third-order valence-electron chi connectivity index (χ3n) is 3.67. The molecule has 0 aromatic heterocycles. The summed E-state index contributed by atoms with van der Waals surface area (Å²) in [6, 6.07) is 5.75. The van der Waals surface area contributed by atoms with Gasteiger partial charge in [-0.05, 0) is 57.5 Å². The molecule has 112 valence electrons. The van der Waals surface area contributed by atoms with E-state index in [1.54, 1.807) is 0 Å². The van der Waals surface area contributed by atoms with Crippen molar-refractivity contribution in [2.24, 2.45) is 5.41 Å². The number of anilines is 1. The summed E-state index contributed by atoms with van der Waals surface area (Å²) in [7, 11) is 0. The first-order chi connectivity index (χ1) is 9.05. The van der Waals surface area contributed by atoms with Gasteiger partial charge in [0.1, 0.15) is 5.75 Å². The van der Waals surface area contributed by atoms with Crippen molar-refractivity contribution in [1.29, 1.82) is 0 Å². The van der Waals surface area contributed by atoms with Gasteiger partial charge in [0, 0.05) is 12.2 Å². The number of benzene rings is 1. The molecule has 1 unspecified atom stereocenters. The van der Waals surface area contributed by atoms with Gasteiger partial charge in [0.15, 0.2) is 0 Å². The van der Waals surface area contributed by atoms with Gasteiger partial charge in [-0.15, -0.1) is 12.4 Å². The zero-order valence-electron chi connectivity index (χ0n) is 12.3. The van der Waals surface area contributed by atoms with Crippen LogP contribution in [0, 0.1) is 12.3 Å². The minimum Gasteiger partial charge on any atom is -0.494 e. The largest absolute Gasteiger partial charge is 0.494 e. The lowest BCUT2D eigenvalue weighted by molar-refractivity contribution is -0.123. The molecule has 1 aromatic carbocycles. The van der Waals surface area contributed by atoms with Crippen molar-refractivity contribution >= 4 is 24.0 Å². The maximum atomic E-state index is 12.3. The fourth-order valence-corrected chi connectivity index (χ4v) is 2.32. The summed E-state index contributed by atoms with van der Waals surface area (Å²) in [5.41, 5.74) is 1.58. The van der Waals surface area contributed by atoms with E-state index in [4.69, 9.17) is 4.74 Å². The van der Waals surface area contributed by atoms with E-state index in [-0.39, 0.29) is 23.7 Å². The van der Waals surface area contributed by atoms with Crippen LogP contribution in [0.4, 0.5) is 5.69 Å². The molecule has 2 rings (SSSR count). The summed E-state index contributed by atoms with van der Waals surface area (Å²) in [5, 5.41) is 6.27. The van der Waals surface area contributed by atoms with Gasteiger partial charge < -0.3 is 15.4 Å². The fraction of sp³-hybridized carbons (Fsp3) is 0.533. The number of nitrogens with one attached hydrogen (secondary N) is 2. The predicted molar refractivity (Wildman–Crippen MR) is 83.8 cm³/mol. The number of halogens is 1. The number of carbonyl (C=O) groups is 1. The first-order valence-electron chi connectivity index (χ1n) is 6.81. The Labute approximate surface area is 126 Å². The summed E-state index contributed by atoms with van der Waals surface area (Å²) in [4.78, 5) is 12.3. The van der Waals surface area contributed by atoms with Gasteiger partial charge in [-0.2, -0.15) is 0 Å². The van der Waals surface area contributed by atoms with Crippen LogP contribution in [-0.4, -0.2) is 25.6 Å². The van der Waals surface area contributed by atoms with Crippen LogP contribution in [-0.2, 0) is 4.79 Å². The Hall–Kier alpha value is -1.26. The monoisotopic (exact) mass is 298 g/mol. The summed E-state index contributed by atoms with van der Waals surface area (Å²) in [5.74, 6) is 0.927. The lowest BCUT2D eigenvalue weighted by Gasteiger charge is -2.22. The Morgan fingerprint density at radius 2 is 2.25 bits per heavy atom. The maximum absolute atomic E-state index is 12.3. The van der Waals surface area contributed by atoms with Crippen LogP contribution in [0.15, 0.2) is 18.2 Å². The van der Waals surface area contributed by atoms with Gasteiger partial charge in [0.2, 0.25) is 5.91 Å². The predicted octanol–water partition coefficient (Wildman–Crippen LogP) is 2.75. The zero-order chi connectivity index (χ0) is 13.9. The van der Waals surface area contributed by atoms with Gasteiger partial charge >= 0.3 is 0 Å². The molecule has 1 atom stereocenters. The number of rotatable bonds is 4. The third kappa shape index (κ3) is 3.64. The van der Waals surface area contributed by atoms with E-state index in [0.29, 0.717) is 6.61 Å². The van der Waals surface area contributed by atoms with E-state index >= 15 is 0 Å². The number of ether oxygens (including phenoxy) is 1. The van der Waals surface area contributed by atoms with Crippen LogP contribution >= 0.6 is 12.4 Å². The molecule has 0 bridgehead atoms. The first kappa shape index (κ1) is 16.8. The molecule has 1 heterocycles. The van der Waals surface area contributed by atoms with Crippen LogP contribution < -0.4 is 15.4 Å². The van der Waals surface area contributed by atoms with Crippen LogP contribution in [0.1, 0.15) is 25.8 Å². The molecule has 20 heavy (non-hydrogen) atoms. The molecular formula is C15H23ClN2O2. The molecule has 1 aliphatic rings. The normalized spacial score (nSPS) is 21.1. The minimum absolute atomic E-state index is 0. The molecule has 1 aliphatic heterocycles.